The van der Waals surface area contributed by atoms with Crippen LogP contribution in [0.4, 0.5) is 0 Å². The van der Waals surface area contributed by atoms with Crippen molar-refractivity contribution in [3.05, 3.63) is 194 Å². The van der Waals surface area contributed by atoms with Crippen molar-refractivity contribution in [1.82, 2.24) is 0 Å². The van der Waals surface area contributed by atoms with Gasteiger partial charge in [0, 0.05) is 21.3 Å². The van der Waals surface area contributed by atoms with Gasteiger partial charge in [-0.05, 0) is 56.6 Å². The van der Waals surface area contributed by atoms with E-state index >= 15 is 0 Å². The van der Waals surface area contributed by atoms with Gasteiger partial charge in [0.25, 0.3) is 0 Å². The van der Waals surface area contributed by atoms with Crippen molar-refractivity contribution < 1.29 is 44.8 Å². The first-order valence-corrected chi connectivity index (χ1v) is 20.9. The van der Waals surface area contributed by atoms with Gasteiger partial charge in [0.1, 0.15) is 18.5 Å². The van der Waals surface area contributed by atoms with Gasteiger partial charge in [-0.25, -0.2) is 0 Å². The fourth-order valence-corrected chi connectivity index (χ4v) is 12.3. The third-order valence-electron chi connectivity index (χ3n) is 8.58. The zero-order valence-corrected chi connectivity index (χ0v) is 34.8. The molecule has 0 amide bonds. The van der Waals surface area contributed by atoms with Crippen LogP contribution in [-0.2, 0) is 44.8 Å². The first-order chi connectivity index (χ1) is 24.1. The van der Waals surface area contributed by atoms with E-state index in [4.69, 9.17) is 12.8 Å². The monoisotopic (exact) mass is 1060 g/mol. The van der Waals surface area contributed by atoms with E-state index in [0.29, 0.717) is 0 Å². The van der Waals surface area contributed by atoms with Gasteiger partial charge in [-0.15, -0.1) is 23.3 Å². The van der Waals surface area contributed by atoms with Crippen molar-refractivity contribution in [1.29, 1.82) is 0 Å². The zero-order chi connectivity index (χ0) is 34.0. The van der Waals surface area contributed by atoms with E-state index < -0.39 is 7.92 Å². The molecule has 8 aromatic carbocycles. The molecule has 0 heterocycles. The van der Waals surface area contributed by atoms with Crippen molar-refractivity contribution >= 4 is 69.5 Å². The van der Waals surface area contributed by atoms with E-state index in [1.165, 1.54) is 27.4 Å². The molecule has 8 rings (SSSR count). The molecule has 0 spiro atoms. The summed E-state index contributed by atoms with van der Waals surface area (Å²) in [4.78, 5) is 0. The maximum absolute atomic E-state index is 7.35. The summed E-state index contributed by atoms with van der Waals surface area (Å²) in [7, 11) is -0.736. The molecule has 0 atom stereocenters. The molecule has 8 aromatic rings. The van der Waals surface area contributed by atoms with Gasteiger partial charge in [-0.3, -0.25) is 11.8 Å². The molecule has 51 heavy (non-hydrogen) atoms. The van der Waals surface area contributed by atoms with Gasteiger partial charge >= 0.3 is 44.8 Å². The van der Waals surface area contributed by atoms with Gasteiger partial charge < -0.3 is 12.8 Å². The SMILES string of the molecule is C[PH+](C)C[PH+](c1ccccc1)c1ccccc1.[Au+].[Au+].[C-]#Cc1cc2ccccc2c2ccccc12.[C-]#Cc1cc2ccccc2c2ccccc12. The number of rotatable bonds is 4. The third kappa shape index (κ3) is 9.78. The Labute approximate surface area is 336 Å². The molecule has 0 N–H and O–H groups in total. The summed E-state index contributed by atoms with van der Waals surface area (Å²) >= 11 is 0. The molecule has 0 aliphatic rings. The first kappa shape index (κ1) is 40.0. The van der Waals surface area contributed by atoms with Crippen LogP contribution in [0, 0.1) is 24.7 Å². The summed E-state index contributed by atoms with van der Waals surface area (Å²) in [6.45, 7) is 4.84. The quantitative estimate of drug-likeness (QED) is 0.0542. The fourth-order valence-electron chi connectivity index (χ4n) is 6.32. The summed E-state index contributed by atoms with van der Waals surface area (Å²) in [5.41, 5.74) is 1.71. The van der Waals surface area contributed by atoms with Crippen LogP contribution in [0.2, 0.25) is 0 Å². The molecule has 256 valence electrons. The molecule has 0 saturated carbocycles. The topological polar surface area (TPSA) is 0 Å². The summed E-state index contributed by atoms with van der Waals surface area (Å²) in [6, 6.07) is 58.9. The summed E-state index contributed by atoms with van der Waals surface area (Å²) in [6.07, 6.45) is 14.7. The van der Waals surface area contributed by atoms with Crippen LogP contribution in [0.15, 0.2) is 170 Å². The second-order valence-electron chi connectivity index (χ2n) is 12.2. The average Bonchev–Trinajstić information content (AvgIpc) is 3.17. The summed E-state index contributed by atoms with van der Waals surface area (Å²) in [5, 5.41) is 12.5. The second kappa shape index (κ2) is 19.8. The van der Waals surface area contributed by atoms with Crippen LogP contribution in [0.25, 0.3) is 43.1 Å². The maximum Gasteiger partial charge on any atom is 1.00 e. The largest absolute Gasteiger partial charge is 1.00 e. The normalized spacial score (nSPS) is 10.2. The Morgan fingerprint density at radius 1 is 0.412 bits per heavy atom. The van der Waals surface area contributed by atoms with Crippen LogP contribution in [0.3, 0.4) is 0 Å². The minimum atomic E-state index is -0.554. The Morgan fingerprint density at radius 3 is 1.08 bits per heavy atom. The Bertz CT molecular complexity index is 2260. The number of fused-ring (bicyclic) bond motifs is 6. The Morgan fingerprint density at radius 2 is 0.725 bits per heavy atom. The van der Waals surface area contributed by atoms with Crippen LogP contribution in [-0.4, -0.2) is 19.2 Å². The fraction of sp³-hybridized carbons (Fsp3) is 0.0638. The predicted octanol–water partition coefficient (Wildman–Crippen LogP) is 11.1. The molecule has 0 radical (unpaired) electrons. The standard InChI is InChI=1S/2C16H9.C15H18P2.2Au/c2*1-2-12-11-13-7-3-4-9-15(13)16-10-6-5-8-14(12)16;1-16(2)13-17(14-9-5-3-6-10-14)15-11-7-4-8-12-15;;/h2*3-11H;3-12H,13H2,1-2H3;;/q2*-1;;2*+1/p+2. The molecule has 4 heteroatoms. The van der Waals surface area contributed by atoms with Crippen LogP contribution in [0.5, 0.6) is 0 Å². The first-order valence-electron chi connectivity index (χ1n) is 16.5. The molecule has 0 nitrogen and oxygen atoms in total. The zero-order valence-electron chi connectivity index (χ0n) is 28.5. The van der Waals surface area contributed by atoms with Crippen LogP contribution in [0.1, 0.15) is 11.1 Å². The molecule has 0 aliphatic heterocycles. The molecule has 0 fully saturated rings. The molecule has 0 bridgehead atoms. The molecule has 0 aromatic heterocycles. The minimum Gasteiger partial charge on any atom is -0.366 e. The van der Waals surface area contributed by atoms with Crippen molar-refractivity contribution in [3.63, 3.8) is 0 Å². The van der Waals surface area contributed by atoms with Gasteiger partial charge in [0.15, 0.2) is 5.90 Å². The third-order valence-corrected chi connectivity index (χ3v) is 14.9. The molecule has 0 aliphatic carbocycles. The van der Waals surface area contributed by atoms with E-state index in [1.54, 1.807) is 10.6 Å². The molecule has 0 saturated heterocycles. The summed E-state index contributed by atoms with van der Waals surface area (Å²) < 4.78 is 0. The smallest absolute Gasteiger partial charge is 0.366 e. The van der Waals surface area contributed by atoms with Crippen molar-refractivity contribution in [2.45, 2.75) is 0 Å². The second-order valence-corrected chi connectivity index (χ2v) is 18.2. The Hall–Kier alpha value is -3.74. The van der Waals surface area contributed by atoms with Gasteiger partial charge in [0.05, 0.1) is 0 Å². The van der Waals surface area contributed by atoms with Crippen molar-refractivity contribution in [2.24, 2.45) is 0 Å². The Balaban J connectivity index is 0.000000168. The molecular weight excluding hydrogens is 1020 g/mol. The van der Waals surface area contributed by atoms with Crippen molar-refractivity contribution in [2.75, 3.05) is 19.2 Å². The van der Waals surface area contributed by atoms with E-state index in [1.807, 2.05) is 72.8 Å². The van der Waals surface area contributed by atoms with Gasteiger partial charge in [-0.2, -0.15) is 0 Å². The van der Waals surface area contributed by atoms with E-state index in [9.17, 15) is 0 Å². The molecular formula is C47H38Au2P2+2. The minimum absolute atomic E-state index is 0. The maximum atomic E-state index is 7.35. The van der Waals surface area contributed by atoms with Gasteiger partial charge in [0.2, 0.25) is 0 Å². The van der Waals surface area contributed by atoms with E-state index in [0.717, 1.165) is 32.7 Å². The Kier molecular flexibility index (Phi) is 15.5. The van der Waals surface area contributed by atoms with Crippen LogP contribution >= 0.6 is 15.8 Å². The summed E-state index contributed by atoms with van der Waals surface area (Å²) in [5.74, 6) is 6.43. The van der Waals surface area contributed by atoms with E-state index in [-0.39, 0.29) is 52.7 Å². The van der Waals surface area contributed by atoms with Crippen LogP contribution < -0.4 is 10.6 Å². The number of hydrogen-bond acceptors (Lipinski definition) is 0. The predicted molar refractivity (Wildman–Crippen MR) is 221 cm³/mol. The number of benzene rings is 8. The van der Waals surface area contributed by atoms with Crippen molar-refractivity contribution in [3.8, 4) is 11.8 Å². The molecule has 0 unspecified atom stereocenters. The van der Waals surface area contributed by atoms with E-state index in [2.05, 4.69) is 122 Å². The van der Waals surface area contributed by atoms with Gasteiger partial charge in [-0.1, -0.05) is 144 Å². The average molecular weight is 1060 g/mol. The number of hydrogen-bond donors (Lipinski definition) is 0.